The molecule has 3 heteroatoms. The lowest BCUT2D eigenvalue weighted by molar-refractivity contribution is 0.192. The quantitative estimate of drug-likeness (QED) is 0.798. The molecule has 0 amide bonds. The minimum Gasteiger partial charge on any atom is -0.497 e. The van der Waals surface area contributed by atoms with E-state index in [1.807, 2.05) is 32.1 Å². The van der Waals surface area contributed by atoms with Crippen LogP contribution in [0.2, 0.25) is 0 Å². The zero-order valence-corrected chi connectivity index (χ0v) is 10.9. The third kappa shape index (κ3) is 4.11. The van der Waals surface area contributed by atoms with Gasteiger partial charge in [0.2, 0.25) is 0 Å². The summed E-state index contributed by atoms with van der Waals surface area (Å²) >= 11 is 0. The van der Waals surface area contributed by atoms with Gasteiger partial charge >= 0.3 is 0 Å². The maximum atomic E-state index is 9.64. The van der Waals surface area contributed by atoms with Gasteiger partial charge in [-0.05, 0) is 39.0 Å². The predicted octanol–water partition coefficient (Wildman–Crippen LogP) is 3.09. The summed E-state index contributed by atoms with van der Waals surface area (Å²) in [7, 11) is 1.61. The first-order valence-corrected chi connectivity index (χ1v) is 5.66. The molecule has 0 aliphatic carbocycles. The standard InChI is InChI=1S/C14H20O3/c1-10(2)7-8-17-14-9-12(16-4)5-6-13(14)11(3)15/h5-7,9,11,15H,8H2,1-4H3/t11-/m0/s1. The molecule has 0 saturated carbocycles. The number of aliphatic hydroxyl groups is 1. The highest BCUT2D eigenvalue weighted by Gasteiger charge is 2.10. The van der Waals surface area contributed by atoms with Crippen LogP contribution >= 0.6 is 0 Å². The summed E-state index contributed by atoms with van der Waals surface area (Å²) in [5.41, 5.74) is 1.97. The first-order chi connectivity index (χ1) is 8.04. The Morgan fingerprint density at radius 3 is 2.65 bits per heavy atom. The van der Waals surface area contributed by atoms with E-state index in [0.717, 1.165) is 11.3 Å². The lowest BCUT2D eigenvalue weighted by Crippen LogP contribution is -2.01. The molecule has 0 saturated heterocycles. The highest BCUT2D eigenvalue weighted by atomic mass is 16.5. The molecule has 1 aromatic rings. The second-order valence-corrected chi connectivity index (χ2v) is 4.17. The van der Waals surface area contributed by atoms with E-state index in [1.165, 1.54) is 5.57 Å². The zero-order chi connectivity index (χ0) is 12.8. The number of benzene rings is 1. The van der Waals surface area contributed by atoms with Crippen molar-refractivity contribution in [3.05, 3.63) is 35.4 Å². The van der Waals surface area contributed by atoms with Crippen LogP contribution in [0.1, 0.15) is 32.4 Å². The molecule has 0 bridgehead atoms. The Morgan fingerprint density at radius 2 is 2.12 bits per heavy atom. The van der Waals surface area contributed by atoms with Crippen LogP contribution < -0.4 is 9.47 Å². The monoisotopic (exact) mass is 236 g/mol. The molecule has 1 rings (SSSR count). The van der Waals surface area contributed by atoms with Crippen LogP contribution in [-0.4, -0.2) is 18.8 Å². The number of rotatable bonds is 5. The average Bonchev–Trinajstić information content (AvgIpc) is 2.28. The highest BCUT2D eigenvalue weighted by Crippen LogP contribution is 2.29. The molecule has 1 N–H and O–H groups in total. The van der Waals surface area contributed by atoms with Gasteiger partial charge in [0.25, 0.3) is 0 Å². The van der Waals surface area contributed by atoms with Crippen LogP contribution in [0.3, 0.4) is 0 Å². The molecule has 1 atom stereocenters. The third-order valence-corrected chi connectivity index (χ3v) is 2.40. The van der Waals surface area contributed by atoms with E-state index in [2.05, 4.69) is 0 Å². The molecule has 0 aromatic heterocycles. The summed E-state index contributed by atoms with van der Waals surface area (Å²) in [6, 6.07) is 5.43. The Kier molecular flexibility index (Phi) is 5.04. The van der Waals surface area contributed by atoms with Crippen molar-refractivity contribution in [3.8, 4) is 11.5 Å². The van der Waals surface area contributed by atoms with Gasteiger partial charge in [-0.2, -0.15) is 0 Å². The number of allylic oxidation sites excluding steroid dienone is 1. The number of hydrogen-bond acceptors (Lipinski definition) is 3. The summed E-state index contributed by atoms with van der Waals surface area (Å²) in [4.78, 5) is 0. The van der Waals surface area contributed by atoms with Crippen LogP contribution in [-0.2, 0) is 0 Å². The fourth-order valence-corrected chi connectivity index (χ4v) is 1.41. The van der Waals surface area contributed by atoms with Gasteiger partial charge in [-0.3, -0.25) is 0 Å². The van der Waals surface area contributed by atoms with Crippen LogP contribution in [0.5, 0.6) is 11.5 Å². The molecule has 0 fully saturated rings. The van der Waals surface area contributed by atoms with Gasteiger partial charge in [0.05, 0.1) is 13.2 Å². The van der Waals surface area contributed by atoms with Crippen LogP contribution in [0.15, 0.2) is 29.8 Å². The van der Waals surface area contributed by atoms with E-state index in [1.54, 1.807) is 20.1 Å². The normalized spacial score (nSPS) is 11.8. The molecule has 0 heterocycles. The molecule has 0 aliphatic rings. The maximum Gasteiger partial charge on any atom is 0.129 e. The van der Waals surface area contributed by atoms with Gasteiger partial charge in [-0.25, -0.2) is 0 Å². The number of methoxy groups -OCH3 is 1. The summed E-state index contributed by atoms with van der Waals surface area (Å²) in [6.07, 6.45) is 1.44. The first-order valence-electron chi connectivity index (χ1n) is 5.66. The minimum absolute atomic E-state index is 0.495. The fourth-order valence-electron chi connectivity index (χ4n) is 1.41. The fraction of sp³-hybridized carbons (Fsp3) is 0.429. The topological polar surface area (TPSA) is 38.7 Å². The van der Waals surface area contributed by atoms with Crippen molar-refractivity contribution in [2.75, 3.05) is 13.7 Å². The summed E-state index contributed by atoms with van der Waals surface area (Å²) in [6.45, 7) is 6.25. The predicted molar refractivity (Wildman–Crippen MR) is 68.6 cm³/mol. The van der Waals surface area contributed by atoms with E-state index in [9.17, 15) is 5.11 Å². The summed E-state index contributed by atoms with van der Waals surface area (Å²) in [5, 5.41) is 9.64. The van der Waals surface area contributed by atoms with E-state index >= 15 is 0 Å². The van der Waals surface area contributed by atoms with Crippen LogP contribution in [0.4, 0.5) is 0 Å². The van der Waals surface area contributed by atoms with E-state index < -0.39 is 6.10 Å². The van der Waals surface area contributed by atoms with Gasteiger partial charge in [-0.1, -0.05) is 5.57 Å². The number of aliphatic hydroxyl groups excluding tert-OH is 1. The molecule has 17 heavy (non-hydrogen) atoms. The highest BCUT2D eigenvalue weighted by molar-refractivity contribution is 5.41. The summed E-state index contributed by atoms with van der Waals surface area (Å²) < 4.78 is 10.8. The molecular formula is C14H20O3. The third-order valence-electron chi connectivity index (χ3n) is 2.40. The molecule has 0 spiro atoms. The van der Waals surface area contributed by atoms with Crippen molar-refractivity contribution in [3.63, 3.8) is 0 Å². The lowest BCUT2D eigenvalue weighted by atomic mass is 10.1. The molecule has 0 aliphatic heterocycles. The van der Waals surface area contributed by atoms with Crippen molar-refractivity contribution < 1.29 is 14.6 Å². The van der Waals surface area contributed by atoms with Crippen molar-refractivity contribution in [2.24, 2.45) is 0 Å². The van der Waals surface area contributed by atoms with Gasteiger partial charge in [0.15, 0.2) is 0 Å². The van der Waals surface area contributed by atoms with Crippen LogP contribution in [0.25, 0.3) is 0 Å². The second kappa shape index (κ2) is 6.30. The second-order valence-electron chi connectivity index (χ2n) is 4.17. The van der Waals surface area contributed by atoms with Gasteiger partial charge < -0.3 is 14.6 Å². The summed E-state index contributed by atoms with van der Waals surface area (Å²) in [5.74, 6) is 1.39. The van der Waals surface area contributed by atoms with Crippen molar-refractivity contribution in [2.45, 2.75) is 26.9 Å². The Balaban J connectivity index is 2.89. The Morgan fingerprint density at radius 1 is 1.41 bits per heavy atom. The molecule has 0 unspecified atom stereocenters. The zero-order valence-electron chi connectivity index (χ0n) is 10.9. The molecule has 0 radical (unpaired) electrons. The van der Waals surface area contributed by atoms with Gasteiger partial charge in [0.1, 0.15) is 18.1 Å². The molecular weight excluding hydrogens is 216 g/mol. The maximum absolute atomic E-state index is 9.64. The smallest absolute Gasteiger partial charge is 0.129 e. The first kappa shape index (κ1) is 13.6. The number of hydrogen-bond donors (Lipinski definition) is 1. The molecule has 1 aromatic carbocycles. The van der Waals surface area contributed by atoms with E-state index in [4.69, 9.17) is 9.47 Å². The van der Waals surface area contributed by atoms with Crippen molar-refractivity contribution in [1.29, 1.82) is 0 Å². The SMILES string of the molecule is COc1ccc([C@H](C)O)c(OCC=C(C)C)c1. The van der Waals surface area contributed by atoms with Crippen LogP contribution in [0, 0.1) is 0 Å². The Hall–Kier alpha value is -1.48. The molecule has 94 valence electrons. The Bertz CT molecular complexity index is 390. The minimum atomic E-state index is -0.553. The lowest BCUT2D eigenvalue weighted by Gasteiger charge is -2.13. The van der Waals surface area contributed by atoms with Crippen molar-refractivity contribution in [1.82, 2.24) is 0 Å². The molecule has 3 nitrogen and oxygen atoms in total. The number of ether oxygens (including phenoxy) is 2. The van der Waals surface area contributed by atoms with E-state index in [0.29, 0.717) is 12.4 Å². The average molecular weight is 236 g/mol. The van der Waals surface area contributed by atoms with Gasteiger partial charge in [-0.15, -0.1) is 0 Å². The largest absolute Gasteiger partial charge is 0.497 e. The Labute approximate surface area is 103 Å². The van der Waals surface area contributed by atoms with Gasteiger partial charge in [0, 0.05) is 11.6 Å². The van der Waals surface area contributed by atoms with E-state index in [-0.39, 0.29) is 0 Å². The van der Waals surface area contributed by atoms with Crippen molar-refractivity contribution >= 4 is 0 Å².